The van der Waals surface area contributed by atoms with Gasteiger partial charge in [0.05, 0.1) is 12.3 Å². The van der Waals surface area contributed by atoms with Gasteiger partial charge in [0, 0.05) is 25.7 Å². The van der Waals surface area contributed by atoms with Crippen molar-refractivity contribution < 1.29 is 19.1 Å². The lowest BCUT2D eigenvalue weighted by Crippen LogP contribution is -2.28. The van der Waals surface area contributed by atoms with Crippen LogP contribution in [0.1, 0.15) is 35.5 Å². The number of esters is 1. The van der Waals surface area contributed by atoms with E-state index in [1.165, 1.54) is 12.5 Å². The van der Waals surface area contributed by atoms with E-state index in [9.17, 15) is 14.4 Å². The van der Waals surface area contributed by atoms with Gasteiger partial charge in [0.2, 0.25) is 11.7 Å². The molecule has 0 fully saturated rings. The van der Waals surface area contributed by atoms with Crippen LogP contribution in [-0.2, 0) is 21.4 Å². The van der Waals surface area contributed by atoms with Crippen molar-refractivity contribution in [1.82, 2.24) is 9.88 Å². The molecule has 0 atom stereocenters. The van der Waals surface area contributed by atoms with Gasteiger partial charge in [-0.25, -0.2) is 0 Å². The van der Waals surface area contributed by atoms with Crippen LogP contribution in [0.15, 0.2) is 42.6 Å². The Labute approximate surface area is 147 Å². The van der Waals surface area contributed by atoms with Crippen molar-refractivity contribution in [3.05, 3.63) is 59.4 Å². The maximum atomic E-state index is 12.0. The van der Waals surface area contributed by atoms with Crippen molar-refractivity contribution in [3.8, 4) is 0 Å². The van der Waals surface area contributed by atoms with Crippen molar-refractivity contribution in [2.45, 2.75) is 20.8 Å². The summed E-state index contributed by atoms with van der Waals surface area (Å²) in [7, 11) is 1.88. The molecule has 6 heteroatoms. The molecule has 1 aromatic heterocycles. The van der Waals surface area contributed by atoms with Crippen LogP contribution in [-0.4, -0.2) is 35.4 Å². The Balaban J connectivity index is 0.000000275. The number of carbonyl (C=O) groups is 3. The average molecular weight is 344 g/mol. The van der Waals surface area contributed by atoms with E-state index in [0.717, 1.165) is 11.3 Å². The number of carbonyl (C=O) groups excluding carboxylic acids is 3. The SMILES string of the molecule is CCOC(=O)CNC(C)=O.Cc1ccc(C(=O)c2cccn2C)cc1. The van der Waals surface area contributed by atoms with Crippen LogP contribution >= 0.6 is 0 Å². The Kier molecular flexibility index (Phi) is 8.12. The van der Waals surface area contributed by atoms with Gasteiger partial charge < -0.3 is 14.6 Å². The van der Waals surface area contributed by atoms with Gasteiger partial charge in [-0.15, -0.1) is 0 Å². The van der Waals surface area contributed by atoms with Gasteiger partial charge in [-0.1, -0.05) is 29.8 Å². The van der Waals surface area contributed by atoms with Gasteiger partial charge in [0.25, 0.3) is 0 Å². The molecule has 134 valence electrons. The van der Waals surface area contributed by atoms with E-state index in [1.54, 1.807) is 6.92 Å². The summed E-state index contributed by atoms with van der Waals surface area (Å²) >= 11 is 0. The van der Waals surface area contributed by atoms with E-state index in [2.05, 4.69) is 10.1 Å². The zero-order chi connectivity index (χ0) is 18.8. The number of hydrogen-bond donors (Lipinski definition) is 1. The number of benzene rings is 1. The summed E-state index contributed by atoms with van der Waals surface area (Å²) in [6.45, 7) is 5.38. The van der Waals surface area contributed by atoms with Gasteiger partial charge in [0.15, 0.2) is 0 Å². The zero-order valence-electron chi connectivity index (χ0n) is 15.0. The Morgan fingerprint density at radius 1 is 1.12 bits per heavy atom. The third-order valence-electron chi connectivity index (χ3n) is 3.28. The second kappa shape index (κ2) is 10.1. The summed E-state index contributed by atoms with van der Waals surface area (Å²) in [5, 5.41) is 2.32. The summed E-state index contributed by atoms with van der Waals surface area (Å²) in [6.07, 6.45) is 1.88. The summed E-state index contributed by atoms with van der Waals surface area (Å²) in [4.78, 5) is 32.8. The predicted molar refractivity (Wildman–Crippen MR) is 95.3 cm³/mol. The van der Waals surface area contributed by atoms with Crippen LogP contribution in [0.3, 0.4) is 0 Å². The van der Waals surface area contributed by atoms with Crippen molar-refractivity contribution in [3.63, 3.8) is 0 Å². The fourth-order valence-electron chi connectivity index (χ4n) is 1.96. The highest BCUT2D eigenvalue weighted by Crippen LogP contribution is 2.10. The molecular formula is C19H24N2O4. The summed E-state index contributed by atoms with van der Waals surface area (Å²) in [6, 6.07) is 11.4. The first-order valence-electron chi connectivity index (χ1n) is 7.98. The molecule has 6 nitrogen and oxygen atoms in total. The number of nitrogens with zero attached hydrogens (tertiary/aromatic N) is 1. The maximum absolute atomic E-state index is 12.0. The van der Waals surface area contributed by atoms with E-state index in [4.69, 9.17) is 0 Å². The second-order valence-corrected chi connectivity index (χ2v) is 5.41. The zero-order valence-corrected chi connectivity index (χ0v) is 15.0. The number of nitrogens with one attached hydrogen (secondary N) is 1. The summed E-state index contributed by atoms with van der Waals surface area (Å²) < 4.78 is 6.37. The highest BCUT2D eigenvalue weighted by molar-refractivity contribution is 6.07. The molecule has 0 unspecified atom stereocenters. The third kappa shape index (κ3) is 7.03. The Bertz CT molecular complexity index is 717. The number of ether oxygens (including phenoxy) is 1. The Hall–Kier alpha value is -2.89. The number of aryl methyl sites for hydroxylation is 2. The fourth-order valence-corrected chi connectivity index (χ4v) is 1.96. The lowest BCUT2D eigenvalue weighted by Gasteiger charge is -2.02. The average Bonchev–Trinajstić information content (AvgIpc) is 3.00. The van der Waals surface area contributed by atoms with Crippen molar-refractivity contribution in [2.75, 3.05) is 13.2 Å². The molecule has 2 aromatic rings. The van der Waals surface area contributed by atoms with Gasteiger partial charge in [-0.2, -0.15) is 0 Å². The highest BCUT2D eigenvalue weighted by atomic mass is 16.5. The molecule has 25 heavy (non-hydrogen) atoms. The van der Waals surface area contributed by atoms with Crippen LogP contribution in [0.4, 0.5) is 0 Å². The van der Waals surface area contributed by atoms with Crippen LogP contribution in [0.25, 0.3) is 0 Å². The quantitative estimate of drug-likeness (QED) is 0.667. The first-order valence-corrected chi connectivity index (χ1v) is 7.98. The molecule has 0 spiro atoms. The Morgan fingerprint density at radius 3 is 2.24 bits per heavy atom. The van der Waals surface area contributed by atoms with E-state index in [0.29, 0.717) is 6.61 Å². The van der Waals surface area contributed by atoms with Gasteiger partial charge in [0.1, 0.15) is 6.54 Å². The van der Waals surface area contributed by atoms with Crippen LogP contribution < -0.4 is 5.32 Å². The fraction of sp³-hybridized carbons (Fsp3) is 0.316. The molecule has 0 aliphatic carbocycles. The lowest BCUT2D eigenvalue weighted by molar-refractivity contribution is -0.143. The molecule has 0 saturated heterocycles. The number of ketones is 1. The highest BCUT2D eigenvalue weighted by Gasteiger charge is 2.10. The molecule has 0 aliphatic rings. The van der Waals surface area contributed by atoms with Gasteiger partial charge >= 0.3 is 5.97 Å². The molecule has 1 aromatic carbocycles. The number of aromatic nitrogens is 1. The van der Waals surface area contributed by atoms with Crippen molar-refractivity contribution in [2.24, 2.45) is 7.05 Å². The number of hydrogen-bond acceptors (Lipinski definition) is 4. The normalized spacial score (nSPS) is 9.60. The van der Waals surface area contributed by atoms with Crippen LogP contribution in [0.5, 0.6) is 0 Å². The van der Waals surface area contributed by atoms with Gasteiger partial charge in [-0.05, 0) is 26.0 Å². The molecule has 0 radical (unpaired) electrons. The molecule has 0 bridgehead atoms. The molecule has 1 N–H and O–H groups in total. The smallest absolute Gasteiger partial charge is 0.325 e. The number of amides is 1. The molecular weight excluding hydrogens is 320 g/mol. The minimum atomic E-state index is -0.405. The van der Waals surface area contributed by atoms with Crippen molar-refractivity contribution >= 4 is 17.7 Å². The third-order valence-corrected chi connectivity index (χ3v) is 3.28. The summed E-state index contributed by atoms with van der Waals surface area (Å²) in [5.41, 5.74) is 2.62. The van der Waals surface area contributed by atoms with E-state index in [-0.39, 0.29) is 18.2 Å². The minimum Gasteiger partial charge on any atom is -0.465 e. The number of rotatable bonds is 5. The van der Waals surface area contributed by atoms with E-state index < -0.39 is 5.97 Å². The maximum Gasteiger partial charge on any atom is 0.325 e. The van der Waals surface area contributed by atoms with Gasteiger partial charge in [-0.3, -0.25) is 14.4 Å². The monoisotopic (exact) mass is 344 g/mol. The summed E-state index contributed by atoms with van der Waals surface area (Å²) in [5.74, 6) is -0.562. The first kappa shape index (κ1) is 20.2. The molecule has 2 rings (SSSR count). The largest absolute Gasteiger partial charge is 0.465 e. The Morgan fingerprint density at radius 2 is 1.76 bits per heavy atom. The first-order chi connectivity index (χ1) is 11.8. The standard InChI is InChI=1S/C13H13NO.C6H11NO3/c1-10-5-7-11(8-6-10)13(15)12-4-3-9-14(12)2;1-3-10-6(9)4-7-5(2)8/h3-9H,1-2H3;3-4H2,1-2H3,(H,7,8). The van der Waals surface area contributed by atoms with E-state index in [1.807, 2.05) is 61.1 Å². The van der Waals surface area contributed by atoms with Crippen molar-refractivity contribution in [1.29, 1.82) is 0 Å². The predicted octanol–water partition coefficient (Wildman–Crippen LogP) is 2.25. The van der Waals surface area contributed by atoms with E-state index >= 15 is 0 Å². The van der Waals surface area contributed by atoms with Crippen LogP contribution in [0.2, 0.25) is 0 Å². The second-order valence-electron chi connectivity index (χ2n) is 5.41. The topological polar surface area (TPSA) is 77.4 Å². The minimum absolute atomic E-state index is 0.0385. The van der Waals surface area contributed by atoms with Crippen LogP contribution in [0, 0.1) is 6.92 Å². The molecule has 1 heterocycles. The molecule has 0 aliphatic heterocycles. The lowest BCUT2D eigenvalue weighted by atomic mass is 10.1. The molecule has 1 amide bonds. The molecule has 0 saturated carbocycles.